The molecule has 0 spiro atoms. The second-order valence-corrected chi connectivity index (χ2v) is 6.33. The predicted molar refractivity (Wildman–Crippen MR) is 70.1 cm³/mol. The van der Waals surface area contributed by atoms with Crippen molar-refractivity contribution < 1.29 is 15.0 Å². The third-order valence-corrected chi connectivity index (χ3v) is 3.82. The van der Waals surface area contributed by atoms with Gasteiger partial charge in [0.1, 0.15) is 5.75 Å². The van der Waals surface area contributed by atoms with Gasteiger partial charge in [-0.25, -0.2) is 0 Å². The van der Waals surface area contributed by atoms with Crippen LogP contribution in [-0.4, -0.2) is 16.2 Å². The molecule has 1 aliphatic rings. The van der Waals surface area contributed by atoms with Gasteiger partial charge in [-0.1, -0.05) is 32.9 Å². The standard InChI is InChI=1S/C15H20O3/c1-9-7-10(15(5-6-15)13(17)18)8-11(12(9)16)14(2,3)4/h7-8,16H,5-6H2,1-4H3,(H,17,18). The normalized spacial score (nSPS) is 17.6. The van der Waals surface area contributed by atoms with Gasteiger partial charge in [0.2, 0.25) is 0 Å². The van der Waals surface area contributed by atoms with E-state index in [1.165, 1.54) is 0 Å². The van der Waals surface area contributed by atoms with Crippen molar-refractivity contribution in [3.63, 3.8) is 0 Å². The van der Waals surface area contributed by atoms with Gasteiger partial charge < -0.3 is 10.2 Å². The summed E-state index contributed by atoms with van der Waals surface area (Å²) in [6.45, 7) is 7.88. The number of hydrogen-bond acceptors (Lipinski definition) is 2. The predicted octanol–water partition coefficient (Wildman–Crippen LogP) is 3.11. The molecule has 3 nitrogen and oxygen atoms in total. The number of benzene rings is 1. The Kier molecular flexibility index (Phi) is 2.69. The molecule has 0 saturated heterocycles. The molecule has 1 aliphatic carbocycles. The van der Waals surface area contributed by atoms with Gasteiger partial charge in [-0.3, -0.25) is 4.79 Å². The Hall–Kier alpha value is -1.51. The molecule has 2 rings (SSSR count). The van der Waals surface area contributed by atoms with Crippen molar-refractivity contribution in [3.05, 3.63) is 28.8 Å². The molecule has 2 N–H and O–H groups in total. The Morgan fingerprint density at radius 1 is 1.28 bits per heavy atom. The third kappa shape index (κ3) is 1.88. The number of hydrogen-bond donors (Lipinski definition) is 2. The average molecular weight is 248 g/mol. The van der Waals surface area contributed by atoms with Gasteiger partial charge in [-0.2, -0.15) is 0 Å². The van der Waals surface area contributed by atoms with E-state index < -0.39 is 11.4 Å². The summed E-state index contributed by atoms with van der Waals surface area (Å²) in [7, 11) is 0. The average Bonchev–Trinajstić information content (AvgIpc) is 3.00. The Balaban J connectivity index is 2.59. The summed E-state index contributed by atoms with van der Waals surface area (Å²) in [6, 6.07) is 3.68. The molecule has 0 bridgehead atoms. The maximum Gasteiger partial charge on any atom is 0.314 e. The van der Waals surface area contributed by atoms with Crippen molar-refractivity contribution in [1.82, 2.24) is 0 Å². The van der Waals surface area contributed by atoms with E-state index in [2.05, 4.69) is 0 Å². The zero-order valence-corrected chi connectivity index (χ0v) is 11.4. The molecule has 98 valence electrons. The summed E-state index contributed by atoms with van der Waals surface area (Å²) in [5.74, 6) is -0.472. The van der Waals surface area contributed by atoms with Crippen molar-refractivity contribution in [2.75, 3.05) is 0 Å². The highest BCUT2D eigenvalue weighted by molar-refractivity contribution is 5.85. The number of carboxylic acids is 1. The Morgan fingerprint density at radius 3 is 2.22 bits per heavy atom. The summed E-state index contributed by atoms with van der Waals surface area (Å²) in [6.07, 6.45) is 1.38. The first-order valence-corrected chi connectivity index (χ1v) is 6.26. The molecule has 0 unspecified atom stereocenters. The number of rotatable bonds is 2. The SMILES string of the molecule is Cc1cc(C2(C(=O)O)CC2)cc(C(C)(C)C)c1O. The van der Waals surface area contributed by atoms with Gasteiger partial charge in [0.05, 0.1) is 5.41 Å². The Bertz CT molecular complexity index is 505. The molecule has 0 radical (unpaired) electrons. The van der Waals surface area contributed by atoms with Crippen LogP contribution in [0.2, 0.25) is 0 Å². The van der Waals surface area contributed by atoms with E-state index in [-0.39, 0.29) is 11.2 Å². The molecule has 0 atom stereocenters. The molecule has 3 heteroatoms. The van der Waals surface area contributed by atoms with Gasteiger partial charge >= 0.3 is 5.97 Å². The van der Waals surface area contributed by atoms with Crippen LogP contribution in [0.3, 0.4) is 0 Å². The second-order valence-electron chi connectivity index (χ2n) is 6.33. The van der Waals surface area contributed by atoms with Crippen LogP contribution in [0, 0.1) is 6.92 Å². The summed E-state index contributed by atoms with van der Waals surface area (Å²) >= 11 is 0. The number of aliphatic carboxylic acids is 1. The zero-order chi connectivity index (χ0) is 13.7. The molecule has 1 fully saturated rings. The molecule has 0 amide bonds. The van der Waals surface area contributed by atoms with E-state index in [0.717, 1.165) is 16.7 Å². The van der Waals surface area contributed by atoms with Crippen LogP contribution in [0.4, 0.5) is 0 Å². The van der Waals surface area contributed by atoms with Crippen LogP contribution in [0.25, 0.3) is 0 Å². The topological polar surface area (TPSA) is 57.5 Å². The number of carbonyl (C=O) groups is 1. The number of aromatic hydroxyl groups is 1. The van der Waals surface area contributed by atoms with Gasteiger partial charge in [-0.15, -0.1) is 0 Å². The van der Waals surface area contributed by atoms with E-state index in [9.17, 15) is 15.0 Å². The van der Waals surface area contributed by atoms with Crippen molar-refractivity contribution in [3.8, 4) is 5.75 Å². The first-order chi connectivity index (χ1) is 8.18. The van der Waals surface area contributed by atoms with Crippen LogP contribution in [0.5, 0.6) is 5.75 Å². The summed E-state index contributed by atoms with van der Waals surface area (Å²) < 4.78 is 0. The molecule has 1 aromatic rings. The quantitative estimate of drug-likeness (QED) is 0.845. The summed E-state index contributed by atoms with van der Waals surface area (Å²) in [4.78, 5) is 11.4. The first kappa shape index (κ1) is 12.9. The van der Waals surface area contributed by atoms with Crippen molar-refractivity contribution >= 4 is 5.97 Å². The number of phenols is 1. The second kappa shape index (κ2) is 3.74. The minimum absolute atomic E-state index is 0.195. The van der Waals surface area contributed by atoms with E-state index in [4.69, 9.17) is 0 Å². The van der Waals surface area contributed by atoms with E-state index in [1.54, 1.807) is 0 Å². The van der Waals surface area contributed by atoms with Crippen molar-refractivity contribution in [2.24, 2.45) is 0 Å². The molecular weight excluding hydrogens is 228 g/mol. The van der Waals surface area contributed by atoms with Crippen molar-refractivity contribution in [2.45, 2.75) is 51.4 Å². The summed E-state index contributed by atoms with van der Waals surface area (Å²) in [5, 5.41) is 19.5. The van der Waals surface area contributed by atoms with Crippen LogP contribution in [0.1, 0.15) is 50.3 Å². The molecule has 0 aliphatic heterocycles. The van der Waals surface area contributed by atoms with Crippen LogP contribution in [0.15, 0.2) is 12.1 Å². The Morgan fingerprint density at radius 2 is 1.83 bits per heavy atom. The smallest absolute Gasteiger partial charge is 0.314 e. The van der Waals surface area contributed by atoms with Crippen LogP contribution < -0.4 is 0 Å². The molecule has 1 aromatic carbocycles. The lowest BCUT2D eigenvalue weighted by Crippen LogP contribution is -2.21. The molecular formula is C15H20O3. The van der Waals surface area contributed by atoms with E-state index >= 15 is 0 Å². The minimum Gasteiger partial charge on any atom is -0.507 e. The first-order valence-electron chi connectivity index (χ1n) is 6.26. The zero-order valence-electron chi connectivity index (χ0n) is 11.4. The highest BCUT2D eigenvalue weighted by atomic mass is 16.4. The van der Waals surface area contributed by atoms with Crippen LogP contribution in [-0.2, 0) is 15.6 Å². The lowest BCUT2D eigenvalue weighted by molar-refractivity contribution is -0.140. The maximum absolute atomic E-state index is 11.4. The van der Waals surface area contributed by atoms with Crippen molar-refractivity contribution in [1.29, 1.82) is 0 Å². The molecule has 1 saturated carbocycles. The third-order valence-electron chi connectivity index (χ3n) is 3.82. The fourth-order valence-corrected chi connectivity index (χ4v) is 2.38. The van der Waals surface area contributed by atoms with Gasteiger partial charge in [-0.05, 0) is 41.9 Å². The van der Waals surface area contributed by atoms with Gasteiger partial charge in [0.15, 0.2) is 0 Å². The molecule has 0 aromatic heterocycles. The monoisotopic (exact) mass is 248 g/mol. The largest absolute Gasteiger partial charge is 0.507 e. The number of aryl methyl sites for hydroxylation is 1. The van der Waals surface area contributed by atoms with E-state index in [1.807, 2.05) is 39.8 Å². The van der Waals surface area contributed by atoms with Gasteiger partial charge in [0, 0.05) is 0 Å². The summed E-state index contributed by atoms with van der Waals surface area (Å²) in [5.41, 5.74) is 1.50. The minimum atomic E-state index is -0.757. The van der Waals surface area contributed by atoms with E-state index in [0.29, 0.717) is 12.8 Å². The Labute approximate surface area is 107 Å². The molecule has 18 heavy (non-hydrogen) atoms. The lowest BCUT2D eigenvalue weighted by Gasteiger charge is -2.24. The van der Waals surface area contributed by atoms with Gasteiger partial charge in [0.25, 0.3) is 0 Å². The fourth-order valence-electron chi connectivity index (χ4n) is 2.38. The highest BCUT2D eigenvalue weighted by Crippen LogP contribution is 2.50. The lowest BCUT2D eigenvalue weighted by atomic mass is 9.81. The number of carboxylic acid groups (broad SMARTS) is 1. The fraction of sp³-hybridized carbons (Fsp3) is 0.533. The number of phenolic OH excluding ortho intramolecular Hbond substituents is 1. The maximum atomic E-state index is 11.4. The highest BCUT2D eigenvalue weighted by Gasteiger charge is 2.52. The molecule has 0 heterocycles. The van der Waals surface area contributed by atoms with Crippen LogP contribution >= 0.6 is 0 Å².